The first-order chi connectivity index (χ1) is 10.8. The normalized spacial score (nSPS) is 10.2. The fourth-order valence-electron chi connectivity index (χ4n) is 2.34. The van der Waals surface area contributed by atoms with E-state index in [0.717, 1.165) is 25.7 Å². The average Bonchev–Trinajstić information content (AvgIpc) is 2.57. The molecule has 0 saturated carbocycles. The standard InChI is InChI=1S/C20H22O2/c1-2-20(21)22-16-15-19-13-11-18(12-14-19)10-6-9-17-7-4-3-5-8-17/h2-5,7-8,11-14H,1,6,9-10,15-16H2. The summed E-state index contributed by atoms with van der Waals surface area (Å²) >= 11 is 0. The molecular weight excluding hydrogens is 272 g/mol. The number of ether oxygens (including phenoxy) is 1. The van der Waals surface area contributed by atoms with E-state index in [1.807, 2.05) is 0 Å². The lowest BCUT2D eigenvalue weighted by atomic mass is 10.0. The van der Waals surface area contributed by atoms with Gasteiger partial charge in [-0.1, -0.05) is 61.2 Å². The van der Waals surface area contributed by atoms with Crippen molar-refractivity contribution in [3.63, 3.8) is 0 Å². The Morgan fingerprint density at radius 2 is 1.41 bits per heavy atom. The van der Waals surface area contributed by atoms with E-state index < -0.39 is 0 Å². The van der Waals surface area contributed by atoms with Crippen LogP contribution < -0.4 is 0 Å². The molecule has 0 N–H and O–H groups in total. The Morgan fingerprint density at radius 3 is 2.00 bits per heavy atom. The second kappa shape index (κ2) is 8.83. The molecule has 0 aromatic heterocycles. The maximum Gasteiger partial charge on any atom is 0.330 e. The van der Waals surface area contributed by atoms with Gasteiger partial charge in [0.25, 0.3) is 0 Å². The van der Waals surface area contributed by atoms with Crippen LogP contribution in [0.1, 0.15) is 23.1 Å². The molecule has 0 atom stereocenters. The lowest BCUT2D eigenvalue weighted by molar-refractivity contribution is -0.137. The summed E-state index contributed by atoms with van der Waals surface area (Å²) in [4.78, 5) is 11.0. The van der Waals surface area contributed by atoms with Gasteiger partial charge in [-0.25, -0.2) is 4.79 Å². The predicted octanol–water partition coefficient (Wildman–Crippen LogP) is 4.13. The minimum atomic E-state index is -0.363. The molecule has 2 nitrogen and oxygen atoms in total. The lowest BCUT2D eigenvalue weighted by Crippen LogP contribution is -2.04. The zero-order chi connectivity index (χ0) is 15.6. The summed E-state index contributed by atoms with van der Waals surface area (Å²) in [5.41, 5.74) is 3.93. The Balaban J connectivity index is 1.72. The summed E-state index contributed by atoms with van der Waals surface area (Å²) in [6, 6.07) is 19.1. The maximum atomic E-state index is 11.0. The first-order valence-corrected chi connectivity index (χ1v) is 7.69. The van der Waals surface area contributed by atoms with E-state index in [1.54, 1.807) is 0 Å². The van der Waals surface area contributed by atoms with Gasteiger partial charge >= 0.3 is 5.97 Å². The molecule has 0 bridgehead atoms. The summed E-state index contributed by atoms with van der Waals surface area (Å²) < 4.78 is 4.98. The molecule has 0 spiro atoms. The van der Waals surface area contributed by atoms with Crippen molar-refractivity contribution in [2.45, 2.75) is 25.7 Å². The van der Waals surface area contributed by atoms with Crippen molar-refractivity contribution in [2.24, 2.45) is 0 Å². The van der Waals surface area contributed by atoms with E-state index >= 15 is 0 Å². The molecule has 0 amide bonds. The molecule has 114 valence electrons. The van der Waals surface area contributed by atoms with Crippen molar-refractivity contribution >= 4 is 5.97 Å². The van der Waals surface area contributed by atoms with E-state index in [2.05, 4.69) is 61.2 Å². The summed E-state index contributed by atoms with van der Waals surface area (Å²) in [5, 5.41) is 0. The van der Waals surface area contributed by atoms with E-state index in [-0.39, 0.29) is 5.97 Å². The summed E-state index contributed by atoms with van der Waals surface area (Å²) in [7, 11) is 0. The van der Waals surface area contributed by atoms with Crippen molar-refractivity contribution in [3.05, 3.63) is 83.9 Å². The Kier molecular flexibility index (Phi) is 6.43. The highest BCUT2D eigenvalue weighted by molar-refractivity contribution is 5.81. The van der Waals surface area contributed by atoms with Crippen LogP contribution in [0.4, 0.5) is 0 Å². The molecule has 0 aliphatic heterocycles. The van der Waals surface area contributed by atoms with Crippen molar-refractivity contribution in [1.82, 2.24) is 0 Å². The van der Waals surface area contributed by atoms with E-state index in [4.69, 9.17) is 4.74 Å². The zero-order valence-corrected chi connectivity index (χ0v) is 12.8. The predicted molar refractivity (Wildman–Crippen MR) is 89.8 cm³/mol. The van der Waals surface area contributed by atoms with Gasteiger partial charge < -0.3 is 4.74 Å². The number of esters is 1. The molecule has 0 aliphatic carbocycles. The van der Waals surface area contributed by atoms with Crippen molar-refractivity contribution in [3.8, 4) is 0 Å². The topological polar surface area (TPSA) is 26.3 Å². The fraction of sp³-hybridized carbons (Fsp3) is 0.250. The Labute approximate surface area is 132 Å². The molecule has 2 heteroatoms. The van der Waals surface area contributed by atoms with Crippen LogP contribution in [0.2, 0.25) is 0 Å². The zero-order valence-electron chi connectivity index (χ0n) is 12.8. The number of benzene rings is 2. The van der Waals surface area contributed by atoms with Crippen LogP contribution in [0.25, 0.3) is 0 Å². The molecule has 0 aliphatic rings. The van der Waals surface area contributed by atoms with E-state index in [0.29, 0.717) is 6.61 Å². The van der Waals surface area contributed by atoms with Gasteiger partial charge in [0.1, 0.15) is 0 Å². The van der Waals surface area contributed by atoms with Crippen LogP contribution in [-0.2, 0) is 28.8 Å². The highest BCUT2D eigenvalue weighted by atomic mass is 16.5. The molecule has 0 saturated heterocycles. The molecular formula is C20H22O2. The van der Waals surface area contributed by atoms with Gasteiger partial charge in [-0.3, -0.25) is 0 Å². The fourth-order valence-corrected chi connectivity index (χ4v) is 2.34. The van der Waals surface area contributed by atoms with Crippen LogP contribution in [0.15, 0.2) is 67.3 Å². The average molecular weight is 294 g/mol. The largest absolute Gasteiger partial charge is 0.462 e. The third-order valence-electron chi connectivity index (χ3n) is 3.60. The van der Waals surface area contributed by atoms with Gasteiger partial charge in [0, 0.05) is 12.5 Å². The number of carbonyl (C=O) groups excluding carboxylic acids is 1. The first-order valence-electron chi connectivity index (χ1n) is 7.69. The number of rotatable bonds is 8. The van der Waals surface area contributed by atoms with Crippen LogP contribution in [0, 0.1) is 0 Å². The number of hydrogen-bond acceptors (Lipinski definition) is 2. The van der Waals surface area contributed by atoms with Crippen LogP contribution in [0.5, 0.6) is 0 Å². The van der Waals surface area contributed by atoms with E-state index in [9.17, 15) is 4.79 Å². The second-order valence-corrected chi connectivity index (χ2v) is 5.28. The summed E-state index contributed by atoms with van der Waals surface area (Å²) in [5.74, 6) is -0.363. The molecule has 0 radical (unpaired) electrons. The van der Waals surface area contributed by atoms with Crippen LogP contribution in [-0.4, -0.2) is 12.6 Å². The molecule has 2 aromatic rings. The summed E-state index contributed by atoms with van der Waals surface area (Å²) in [6.45, 7) is 3.77. The smallest absolute Gasteiger partial charge is 0.330 e. The second-order valence-electron chi connectivity index (χ2n) is 5.28. The van der Waals surface area contributed by atoms with Gasteiger partial charge in [0.2, 0.25) is 0 Å². The monoisotopic (exact) mass is 294 g/mol. The molecule has 0 unspecified atom stereocenters. The lowest BCUT2D eigenvalue weighted by Gasteiger charge is -2.05. The van der Waals surface area contributed by atoms with Gasteiger partial charge in [0.05, 0.1) is 6.61 Å². The minimum absolute atomic E-state index is 0.363. The van der Waals surface area contributed by atoms with E-state index in [1.165, 1.54) is 22.8 Å². The SMILES string of the molecule is C=CC(=O)OCCc1ccc(CCCc2ccccc2)cc1. The molecule has 2 rings (SSSR count). The minimum Gasteiger partial charge on any atom is -0.462 e. The van der Waals surface area contributed by atoms with Gasteiger partial charge in [-0.2, -0.15) is 0 Å². The molecule has 22 heavy (non-hydrogen) atoms. The Bertz CT molecular complexity index is 585. The highest BCUT2D eigenvalue weighted by Crippen LogP contribution is 2.10. The highest BCUT2D eigenvalue weighted by Gasteiger charge is 1.99. The molecule has 0 fully saturated rings. The Hall–Kier alpha value is -2.35. The van der Waals surface area contributed by atoms with Crippen molar-refractivity contribution < 1.29 is 9.53 Å². The number of hydrogen-bond donors (Lipinski definition) is 0. The first kappa shape index (κ1) is 16.0. The number of aryl methyl sites for hydroxylation is 2. The van der Waals surface area contributed by atoms with Gasteiger partial charge in [-0.05, 0) is 36.0 Å². The third kappa shape index (κ3) is 5.57. The molecule has 2 aromatic carbocycles. The van der Waals surface area contributed by atoms with Gasteiger partial charge in [-0.15, -0.1) is 0 Å². The quantitative estimate of drug-likeness (QED) is 0.540. The van der Waals surface area contributed by atoms with Crippen LogP contribution >= 0.6 is 0 Å². The summed E-state index contributed by atoms with van der Waals surface area (Å²) in [6.07, 6.45) is 5.28. The van der Waals surface area contributed by atoms with Gasteiger partial charge in [0.15, 0.2) is 0 Å². The van der Waals surface area contributed by atoms with Crippen molar-refractivity contribution in [2.75, 3.05) is 6.61 Å². The Morgan fingerprint density at radius 1 is 0.864 bits per heavy atom. The van der Waals surface area contributed by atoms with Crippen LogP contribution in [0.3, 0.4) is 0 Å². The number of carbonyl (C=O) groups is 1. The maximum absolute atomic E-state index is 11.0. The van der Waals surface area contributed by atoms with Crippen molar-refractivity contribution in [1.29, 1.82) is 0 Å². The third-order valence-corrected chi connectivity index (χ3v) is 3.60. The molecule has 0 heterocycles.